The lowest BCUT2D eigenvalue weighted by Crippen LogP contribution is -2.29. The van der Waals surface area contributed by atoms with Crippen molar-refractivity contribution in [3.05, 3.63) is 17.5 Å². The lowest BCUT2D eigenvalue weighted by Gasteiger charge is -2.20. The molecule has 7 nitrogen and oxygen atoms in total. The highest BCUT2D eigenvalue weighted by atomic mass is 16.5. The molecule has 0 saturated carbocycles. The van der Waals surface area contributed by atoms with Crippen molar-refractivity contribution in [3.8, 4) is 0 Å². The van der Waals surface area contributed by atoms with Gasteiger partial charge in [0.1, 0.15) is 0 Å². The Bertz CT molecular complexity index is 517. The predicted molar refractivity (Wildman–Crippen MR) is 77.2 cm³/mol. The van der Waals surface area contributed by atoms with Crippen molar-refractivity contribution in [2.45, 2.75) is 40.2 Å². The van der Waals surface area contributed by atoms with Crippen molar-refractivity contribution in [2.24, 2.45) is 5.92 Å². The predicted octanol–water partition coefficient (Wildman–Crippen LogP) is 1.87. The summed E-state index contributed by atoms with van der Waals surface area (Å²) < 4.78 is 4.90. The molecule has 1 aromatic rings. The molecule has 1 atom stereocenters. The second kappa shape index (κ2) is 7.56. The molecule has 0 spiro atoms. The molecule has 1 unspecified atom stereocenters. The number of carbonyl (C=O) groups is 2. The van der Waals surface area contributed by atoms with Gasteiger partial charge in [-0.1, -0.05) is 13.8 Å². The van der Waals surface area contributed by atoms with Crippen LogP contribution in [0.15, 0.2) is 6.20 Å². The van der Waals surface area contributed by atoms with E-state index in [4.69, 9.17) is 9.84 Å². The van der Waals surface area contributed by atoms with Gasteiger partial charge in [-0.2, -0.15) is 0 Å². The van der Waals surface area contributed by atoms with Crippen molar-refractivity contribution in [1.82, 2.24) is 9.97 Å². The molecule has 0 bridgehead atoms. The minimum atomic E-state index is -0.888. The third-order valence-electron chi connectivity index (χ3n) is 2.99. The van der Waals surface area contributed by atoms with Crippen LogP contribution in [0, 0.1) is 12.8 Å². The van der Waals surface area contributed by atoms with E-state index in [2.05, 4.69) is 15.3 Å². The maximum atomic E-state index is 11.7. The van der Waals surface area contributed by atoms with Gasteiger partial charge in [0.15, 0.2) is 0 Å². The Labute approximate surface area is 123 Å². The van der Waals surface area contributed by atoms with Gasteiger partial charge in [0.05, 0.1) is 24.3 Å². The van der Waals surface area contributed by atoms with Crippen LogP contribution in [0.3, 0.4) is 0 Å². The highest BCUT2D eigenvalue weighted by Crippen LogP contribution is 2.14. The summed E-state index contributed by atoms with van der Waals surface area (Å²) in [7, 11) is 0. The Morgan fingerprint density at radius 1 is 1.43 bits per heavy atom. The van der Waals surface area contributed by atoms with Gasteiger partial charge < -0.3 is 15.2 Å². The van der Waals surface area contributed by atoms with Gasteiger partial charge in [0.25, 0.3) is 0 Å². The monoisotopic (exact) mass is 295 g/mol. The molecule has 1 rings (SSSR count). The molecule has 21 heavy (non-hydrogen) atoms. The largest absolute Gasteiger partial charge is 0.481 e. The fourth-order valence-electron chi connectivity index (χ4n) is 1.75. The number of carboxylic acids is 1. The van der Waals surface area contributed by atoms with Crippen LogP contribution in [0.1, 0.15) is 43.2 Å². The van der Waals surface area contributed by atoms with E-state index in [0.29, 0.717) is 17.2 Å². The minimum Gasteiger partial charge on any atom is -0.481 e. The lowest BCUT2D eigenvalue weighted by atomic mass is 10.0. The standard InChI is InChI=1S/C14H21N3O4/c1-5-21-13(20)10-7-15-14(16-9(10)4)17-11(8(2)3)6-12(18)19/h7-8,11H,5-6H2,1-4H3,(H,18,19)(H,15,16,17). The molecular formula is C14H21N3O4. The fourth-order valence-corrected chi connectivity index (χ4v) is 1.75. The van der Waals surface area contributed by atoms with E-state index >= 15 is 0 Å². The number of esters is 1. The summed E-state index contributed by atoms with van der Waals surface area (Å²) in [5, 5.41) is 11.9. The number of carboxylic acid groups (broad SMARTS) is 1. The number of hydrogen-bond acceptors (Lipinski definition) is 6. The van der Waals surface area contributed by atoms with Gasteiger partial charge >= 0.3 is 11.9 Å². The van der Waals surface area contributed by atoms with Crippen LogP contribution in [0.5, 0.6) is 0 Å². The Kier molecular flexibility index (Phi) is 6.08. The van der Waals surface area contributed by atoms with Crippen LogP contribution in [-0.4, -0.2) is 39.7 Å². The number of nitrogens with one attached hydrogen (secondary N) is 1. The first-order valence-corrected chi connectivity index (χ1v) is 6.84. The summed E-state index contributed by atoms with van der Waals surface area (Å²) in [6.07, 6.45) is 1.36. The Morgan fingerprint density at radius 3 is 2.57 bits per heavy atom. The fraction of sp³-hybridized carbons (Fsp3) is 0.571. The number of nitrogens with zero attached hydrogens (tertiary/aromatic N) is 2. The molecule has 7 heteroatoms. The normalized spacial score (nSPS) is 12.0. The van der Waals surface area contributed by atoms with Crippen molar-refractivity contribution in [3.63, 3.8) is 0 Å². The number of ether oxygens (including phenoxy) is 1. The average molecular weight is 295 g/mol. The smallest absolute Gasteiger partial charge is 0.341 e. The van der Waals surface area contributed by atoms with E-state index in [1.165, 1.54) is 6.20 Å². The van der Waals surface area contributed by atoms with Crippen LogP contribution in [0.25, 0.3) is 0 Å². The molecule has 0 aromatic carbocycles. The molecule has 0 amide bonds. The van der Waals surface area contributed by atoms with E-state index < -0.39 is 11.9 Å². The number of aliphatic carboxylic acids is 1. The summed E-state index contributed by atoms with van der Waals surface area (Å²) in [6, 6.07) is -0.282. The summed E-state index contributed by atoms with van der Waals surface area (Å²) in [6.45, 7) is 7.52. The highest BCUT2D eigenvalue weighted by molar-refractivity contribution is 5.90. The number of hydrogen-bond donors (Lipinski definition) is 2. The topological polar surface area (TPSA) is 101 Å². The first-order valence-electron chi connectivity index (χ1n) is 6.84. The number of aromatic nitrogens is 2. The van der Waals surface area contributed by atoms with Gasteiger partial charge in [-0.25, -0.2) is 14.8 Å². The molecule has 0 fully saturated rings. The average Bonchev–Trinajstić information content (AvgIpc) is 2.37. The molecule has 0 aliphatic carbocycles. The van der Waals surface area contributed by atoms with Crippen LogP contribution >= 0.6 is 0 Å². The summed E-state index contributed by atoms with van der Waals surface area (Å²) >= 11 is 0. The molecular weight excluding hydrogens is 274 g/mol. The zero-order valence-corrected chi connectivity index (χ0v) is 12.7. The highest BCUT2D eigenvalue weighted by Gasteiger charge is 2.19. The van der Waals surface area contributed by atoms with E-state index in [9.17, 15) is 9.59 Å². The number of aryl methyl sites for hydroxylation is 1. The first kappa shape index (κ1) is 16.9. The third kappa shape index (κ3) is 5.02. The van der Waals surface area contributed by atoms with Crippen molar-refractivity contribution in [2.75, 3.05) is 11.9 Å². The van der Waals surface area contributed by atoms with Gasteiger partial charge in [-0.3, -0.25) is 4.79 Å². The van der Waals surface area contributed by atoms with E-state index in [1.807, 2.05) is 13.8 Å². The number of anilines is 1. The van der Waals surface area contributed by atoms with Gasteiger partial charge in [0, 0.05) is 12.2 Å². The molecule has 116 valence electrons. The Balaban J connectivity index is 2.87. The summed E-state index contributed by atoms with van der Waals surface area (Å²) in [5.41, 5.74) is 0.797. The Hall–Kier alpha value is -2.18. The number of rotatable bonds is 7. The van der Waals surface area contributed by atoms with E-state index in [1.54, 1.807) is 13.8 Å². The minimum absolute atomic E-state index is 0.0281. The van der Waals surface area contributed by atoms with Crippen LogP contribution < -0.4 is 5.32 Å². The molecule has 0 aliphatic rings. The van der Waals surface area contributed by atoms with E-state index in [-0.39, 0.29) is 25.0 Å². The zero-order valence-electron chi connectivity index (χ0n) is 12.7. The van der Waals surface area contributed by atoms with Crippen LogP contribution in [-0.2, 0) is 9.53 Å². The SMILES string of the molecule is CCOC(=O)c1cnc(NC(CC(=O)O)C(C)C)nc1C. The maximum Gasteiger partial charge on any atom is 0.341 e. The lowest BCUT2D eigenvalue weighted by molar-refractivity contribution is -0.137. The summed E-state index contributed by atoms with van der Waals surface area (Å²) in [4.78, 5) is 30.7. The van der Waals surface area contributed by atoms with Gasteiger partial charge in [0.2, 0.25) is 5.95 Å². The zero-order chi connectivity index (χ0) is 16.0. The third-order valence-corrected chi connectivity index (χ3v) is 2.99. The van der Waals surface area contributed by atoms with Gasteiger partial charge in [-0.15, -0.1) is 0 Å². The van der Waals surface area contributed by atoms with Gasteiger partial charge in [-0.05, 0) is 19.8 Å². The molecule has 1 aromatic heterocycles. The molecule has 0 saturated heterocycles. The molecule has 0 aliphatic heterocycles. The van der Waals surface area contributed by atoms with Crippen LogP contribution in [0.2, 0.25) is 0 Å². The molecule has 2 N–H and O–H groups in total. The quantitative estimate of drug-likeness (QED) is 0.740. The van der Waals surface area contributed by atoms with Crippen molar-refractivity contribution >= 4 is 17.9 Å². The first-order chi connectivity index (χ1) is 9.85. The van der Waals surface area contributed by atoms with Crippen molar-refractivity contribution in [1.29, 1.82) is 0 Å². The summed E-state index contributed by atoms with van der Waals surface area (Å²) in [5.74, 6) is -0.941. The maximum absolute atomic E-state index is 11.7. The van der Waals surface area contributed by atoms with Crippen molar-refractivity contribution < 1.29 is 19.4 Å². The molecule has 1 heterocycles. The Morgan fingerprint density at radius 2 is 2.10 bits per heavy atom. The van der Waals surface area contributed by atoms with E-state index in [0.717, 1.165) is 0 Å². The second-order valence-corrected chi connectivity index (χ2v) is 5.01. The number of carbonyl (C=O) groups excluding carboxylic acids is 1. The van der Waals surface area contributed by atoms with Crippen LogP contribution in [0.4, 0.5) is 5.95 Å². The second-order valence-electron chi connectivity index (χ2n) is 5.01. The molecule has 0 radical (unpaired) electrons.